The maximum absolute atomic E-state index is 13.4. The van der Waals surface area contributed by atoms with Crippen molar-refractivity contribution in [2.45, 2.75) is 17.8 Å². The zero-order valence-electron chi connectivity index (χ0n) is 13.5. The van der Waals surface area contributed by atoms with Gasteiger partial charge in [0.2, 0.25) is 11.4 Å². The largest absolute Gasteiger partial charge is 0.481 e. The summed E-state index contributed by atoms with van der Waals surface area (Å²) in [7, 11) is 0. The first-order valence-corrected chi connectivity index (χ1v) is 8.39. The molecule has 0 amide bonds. The summed E-state index contributed by atoms with van der Waals surface area (Å²) >= 11 is 0. The monoisotopic (exact) mass is 328 g/mol. The van der Waals surface area contributed by atoms with E-state index >= 15 is 0 Å². The molecule has 25 heavy (non-hydrogen) atoms. The Morgan fingerprint density at radius 2 is 1.24 bits per heavy atom. The number of epoxide rings is 1. The highest BCUT2D eigenvalue weighted by Crippen LogP contribution is 2.61. The molecule has 1 unspecified atom stereocenters. The highest BCUT2D eigenvalue weighted by atomic mass is 16.6. The van der Waals surface area contributed by atoms with E-state index in [-0.39, 0.29) is 11.9 Å². The Balaban J connectivity index is 1.65. The number of Topliss-reactive ketones (excluding diaryl/α,β-unsaturated/α-hetero) is 1. The number of carbonyl (C=O) groups is 1. The van der Waals surface area contributed by atoms with Crippen LogP contribution >= 0.6 is 0 Å². The van der Waals surface area contributed by atoms with Crippen LogP contribution < -0.4 is 4.74 Å². The van der Waals surface area contributed by atoms with Crippen LogP contribution in [0.3, 0.4) is 0 Å². The number of fused-ring (bicyclic) bond motifs is 1. The molecule has 0 aromatic heterocycles. The Morgan fingerprint density at radius 1 is 0.680 bits per heavy atom. The number of ether oxygens (including phenoxy) is 2. The summed E-state index contributed by atoms with van der Waals surface area (Å²) in [6, 6.07) is 27.1. The van der Waals surface area contributed by atoms with E-state index in [1.807, 2.05) is 84.9 Å². The van der Waals surface area contributed by atoms with E-state index in [9.17, 15) is 4.79 Å². The standard InChI is InChI=1S/C22H16O3/c23-19-17-13-7-8-14-18(17)24-20(15-9-3-1-4-10-15)22(19)21(25-22)16-11-5-2-6-12-16/h1-14,20-21H/t20-,21?,22-/m1/s1. The molecule has 0 aliphatic carbocycles. The third-order valence-corrected chi connectivity index (χ3v) is 4.97. The summed E-state index contributed by atoms with van der Waals surface area (Å²) in [6.07, 6.45) is -0.749. The molecule has 2 heterocycles. The molecular weight excluding hydrogens is 312 g/mol. The number of ketones is 1. The maximum Gasteiger partial charge on any atom is 0.205 e. The molecule has 1 saturated heterocycles. The number of carbonyl (C=O) groups excluding carboxylic acids is 1. The summed E-state index contributed by atoms with van der Waals surface area (Å²) in [5, 5.41) is 0. The van der Waals surface area contributed by atoms with Gasteiger partial charge in [0.15, 0.2) is 6.10 Å². The Bertz CT molecular complexity index is 936. The topological polar surface area (TPSA) is 38.8 Å². The second kappa shape index (κ2) is 5.30. The SMILES string of the molecule is O=C1c2ccccc2O[C@H](c2ccccc2)[C@]12OC2c1ccccc1. The summed E-state index contributed by atoms with van der Waals surface area (Å²) in [5.74, 6) is 0.617. The normalized spacial score (nSPS) is 26.8. The Labute approximate surface area is 145 Å². The smallest absolute Gasteiger partial charge is 0.205 e. The molecule has 122 valence electrons. The summed E-state index contributed by atoms with van der Waals surface area (Å²) < 4.78 is 12.4. The van der Waals surface area contributed by atoms with E-state index in [0.717, 1.165) is 11.1 Å². The van der Waals surface area contributed by atoms with Crippen molar-refractivity contribution in [2.75, 3.05) is 0 Å². The van der Waals surface area contributed by atoms with Crippen molar-refractivity contribution in [1.29, 1.82) is 0 Å². The molecule has 0 N–H and O–H groups in total. The van der Waals surface area contributed by atoms with Gasteiger partial charge in [0.25, 0.3) is 0 Å². The average Bonchev–Trinajstić information content (AvgIpc) is 3.43. The second-order valence-electron chi connectivity index (χ2n) is 6.44. The van der Waals surface area contributed by atoms with Crippen molar-refractivity contribution in [3.8, 4) is 5.75 Å². The minimum absolute atomic E-state index is 0.00273. The van der Waals surface area contributed by atoms with Gasteiger partial charge in [-0.3, -0.25) is 4.79 Å². The first-order chi connectivity index (χ1) is 12.3. The van der Waals surface area contributed by atoms with Crippen LogP contribution in [0.5, 0.6) is 5.75 Å². The quantitative estimate of drug-likeness (QED) is 0.650. The molecule has 3 atom stereocenters. The van der Waals surface area contributed by atoms with Crippen molar-refractivity contribution in [1.82, 2.24) is 0 Å². The Morgan fingerprint density at radius 3 is 1.92 bits per heavy atom. The van der Waals surface area contributed by atoms with Crippen LogP contribution in [0.1, 0.15) is 33.7 Å². The fourth-order valence-corrected chi connectivity index (χ4v) is 3.72. The van der Waals surface area contributed by atoms with Gasteiger partial charge in [-0.2, -0.15) is 0 Å². The molecule has 3 aromatic carbocycles. The van der Waals surface area contributed by atoms with Crippen LogP contribution in [0.2, 0.25) is 0 Å². The molecule has 2 aliphatic rings. The fourth-order valence-electron chi connectivity index (χ4n) is 3.72. The van der Waals surface area contributed by atoms with Gasteiger partial charge < -0.3 is 9.47 Å². The minimum Gasteiger partial charge on any atom is -0.481 e. The first kappa shape index (κ1) is 14.4. The fraction of sp³-hybridized carbons (Fsp3) is 0.136. The molecule has 3 heteroatoms. The van der Waals surface area contributed by atoms with E-state index in [2.05, 4.69) is 0 Å². The lowest BCUT2D eigenvalue weighted by atomic mass is 9.81. The summed E-state index contributed by atoms with van der Waals surface area (Å²) in [5.41, 5.74) is 1.55. The van der Waals surface area contributed by atoms with Crippen LogP contribution in [0.25, 0.3) is 0 Å². The van der Waals surface area contributed by atoms with Crippen molar-refractivity contribution in [3.63, 3.8) is 0 Å². The second-order valence-corrected chi connectivity index (χ2v) is 6.44. The predicted molar refractivity (Wildman–Crippen MR) is 93.6 cm³/mol. The number of rotatable bonds is 2. The van der Waals surface area contributed by atoms with E-state index in [4.69, 9.17) is 9.47 Å². The van der Waals surface area contributed by atoms with Crippen LogP contribution in [-0.2, 0) is 4.74 Å². The highest BCUT2D eigenvalue weighted by molar-refractivity contribution is 6.08. The van der Waals surface area contributed by atoms with Gasteiger partial charge in [-0.15, -0.1) is 0 Å². The lowest BCUT2D eigenvalue weighted by Gasteiger charge is -2.31. The van der Waals surface area contributed by atoms with Gasteiger partial charge in [0, 0.05) is 0 Å². The van der Waals surface area contributed by atoms with Gasteiger partial charge in [0.05, 0.1) is 5.56 Å². The average molecular weight is 328 g/mol. The first-order valence-electron chi connectivity index (χ1n) is 8.39. The van der Waals surface area contributed by atoms with Gasteiger partial charge >= 0.3 is 0 Å². The molecule has 0 radical (unpaired) electrons. The molecule has 1 spiro atoms. The third-order valence-electron chi connectivity index (χ3n) is 4.97. The summed E-state index contributed by atoms with van der Waals surface area (Å²) in [6.45, 7) is 0. The molecule has 0 bridgehead atoms. The molecule has 3 nitrogen and oxygen atoms in total. The van der Waals surface area contributed by atoms with Gasteiger partial charge in [-0.1, -0.05) is 72.8 Å². The lowest BCUT2D eigenvalue weighted by Crippen LogP contribution is -2.40. The molecule has 1 fully saturated rings. The zero-order valence-corrected chi connectivity index (χ0v) is 13.5. The van der Waals surface area contributed by atoms with Gasteiger partial charge in [0.1, 0.15) is 11.9 Å². The van der Waals surface area contributed by atoms with Crippen LogP contribution in [-0.4, -0.2) is 11.4 Å². The minimum atomic E-state index is -0.989. The van der Waals surface area contributed by atoms with E-state index in [1.54, 1.807) is 0 Å². The van der Waals surface area contributed by atoms with Gasteiger partial charge in [-0.25, -0.2) is 0 Å². The van der Waals surface area contributed by atoms with Crippen LogP contribution in [0.15, 0.2) is 84.9 Å². The Hall–Kier alpha value is -2.91. The number of para-hydroxylation sites is 1. The zero-order chi connectivity index (χ0) is 16.9. The van der Waals surface area contributed by atoms with E-state index in [1.165, 1.54) is 0 Å². The predicted octanol–water partition coefficient (Wildman–Crippen LogP) is 4.51. The number of hydrogen-bond donors (Lipinski definition) is 0. The molecule has 3 aromatic rings. The summed E-state index contributed by atoms with van der Waals surface area (Å²) in [4.78, 5) is 13.4. The number of benzene rings is 3. The molecular formula is C22H16O3. The Kier molecular flexibility index (Phi) is 3.06. The molecule has 5 rings (SSSR count). The maximum atomic E-state index is 13.4. The van der Waals surface area contributed by atoms with Crippen LogP contribution in [0, 0.1) is 0 Å². The van der Waals surface area contributed by atoms with Crippen LogP contribution in [0.4, 0.5) is 0 Å². The van der Waals surface area contributed by atoms with Crippen molar-refractivity contribution in [2.24, 2.45) is 0 Å². The number of hydrogen-bond acceptors (Lipinski definition) is 3. The van der Waals surface area contributed by atoms with Crippen molar-refractivity contribution >= 4 is 5.78 Å². The van der Waals surface area contributed by atoms with E-state index in [0.29, 0.717) is 11.3 Å². The van der Waals surface area contributed by atoms with E-state index < -0.39 is 11.7 Å². The lowest BCUT2D eigenvalue weighted by molar-refractivity contribution is 0.0523. The molecule has 2 aliphatic heterocycles. The van der Waals surface area contributed by atoms with Crippen molar-refractivity contribution in [3.05, 3.63) is 102 Å². The van der Waals surface area contributed by atoms with Gasteiger partial charge in [-0.05, 0) is 23.3 Å². The molecule has 0 saturated carbocycles. The van der Waals surface area contributed by atoms with Crippen molar-refractivity contribution < 1.29 is 14.3 Å². The third kappa shape index (κ3) is 2.06. The highest BCUT2D eigenvalue weighted by Gasteiger charge is 2.71.